The Kier molecular flexibility index (Phi) is 7.52. The molecule has 1 fully saturated rings. The van der Waals surface area contributed by atoms with Crippen LogP contribution in [0.4, 0.5) is 59.7 Å². The maximum absolute atomic E-state index is 14.7. The van der Waals surface area contributed by atoms with Gasteiger partial charge < -0.3 is 0 Å². The van der Waals surface area contributed by atoms with E-state index in [1.54, 1.807) is 0 Å². The molecule has 0 saturated heterocycles. The van der Waals surface area contributed by atoms with E-state index in [4.69, 9.17) is 0 Å². The molecule has 1 aliphatic rings. The molecule has 1 aliphatic carbocycles. The second-order valence-electron chi connectivity index (χ2n) is 8.15. The Morgan fingerprint density at radius 1 is 0.949 bits per heavy atom. The summed E-state index contributed by atoms with van der Waals surface area (Å²) >= 11 is 2.30. The first-order valence-corrected chi connectivity index (χ1v) is 11.0. The van der Waals surface area contributed by atoms with Crippen LogP contribution >= 0.6 is 15.9 Å². The van der Waals surface area contributed by atoms with Crippen LogP contribution in [0, 0.1) is 21.8 Å². The Hall–Kier alpha value is -3.31. The molecule has 0 aliphatic heterocycles. The highest BCUT2D eigenvalue weighted by Gasteiger charge is 2.74. The minimum absolute atomic E-state index is 0.00712. The monoisotopic (exact) mass is 642 g/mol. The number of carbonyl (C=O) groups is 2. The van der Waals surface area contributed by atoms with Crippen LogP contribution in [0.3, 0.4) is 0 Å². The first-order chi connectivity index (χ1) is 17.6. The van der Waals surface area contributed by atoms with E-state index in [1.165, 1.54) is 0 Å². The summed E-state index contributed by atoms with van der Waals surface area (Å²) in [6, 6.07) is 0.635. The van der Waals surface area contributed by atoms with Crippen LogP contribution in [0.2, 0.25) is 0 Å². The second kappa shape index (κ2) is 9.71. The van der Waals surface area contributed by atoms with Crippen molar-refractivity contribution in [1.82, 2.24) is 0 Å². The quantitative estimate of drug-likeness (QED) is 0.147. The minimum atomic E-state index is -6.81. The molecule has 18 heteroatoms. The average molecular weight is 643 g/mol. The lowest BCUT2D eigenvalue weighted by Gasteiger charge is -2.32. The smallest absolute Gasteiger partial charge is 0.274 e. The predicted molar refractivity (Wildman–Crippen MR) is 112 cm³/mol. The standard InChI is InChI=1S/C21H10BrF11N2O4/c22-12-7-9(18(24,20(28,29)30)21(31,32)33)6-11(19(25,26)27)15(12)34(16(36)8-4-5-8)17(37)10-2-1-3-13(14(10)23)35(38)39/h1-3,6-8H,4-5H2. The molecule has 1 saturated carbocycles. The first-order valence-electron chi connectivity index (χ1n) is 10.2. The molecule has 2 aromatic rings. The van der Waals surface area contributed by atoms with E-state index < -0.39 is 91.3 Å². The Labute approximate surface area is 217 Å². The van der Waals surface area contributed by atoms with Gasteiger partial charge in [0.1, 0.15) is 0 Å². The molecule has 0 heterocycles. The molecule has 0 aromatic heterocycles. The third-order valence-electron chi connectivity index (χ3n) is 5.53. The molecule has 0 N–H and O–H groups in total. The number of nitro benzene ring substituents is 1. The molecule has 0 unspecified atom stereocenters. The van der Waals surface area contributed by atoms with Crippen molar-refractivity contribution in [1.29, 1.82) is 0 Å². The molecule has 0 bridgehead atoms. The van der Waals surface area contributed by atoms with Gasteiger partial charge in [-0.1, -0.05) is 6.07 Å². The number of hydrogen-bond donors (Lipinski definition) is 0. The highest BCUT2D eigenvalue weighted by Crippen LogP contribution is 2.55. The zero-order valence-electron chi connectivity index (χ0n) is 18.4. The fraction of sp³-hybridized carbons (Fsp3) is 0.333. The SMILES string of the molecule is O=C(c1cccc([N+](=O)[O-])c1F)N(C(=O)C1CC1)c1c(Br)cc(C(F)(C(F)(F)F)C(F)(F)F)cc1C(F)(F)F. The molecule has 0 atom stereocenters. The lowest BCUT2D eigenvalue weighted by molar-refractivity contribution is -0.387. The van der Waals surface area contributed by atoms with Gasteiger partial charge in [0.05, 0.1) is 21.7 Å². The number of imide groups is 1. The van der Waals surface area contributed by atoms with Crippen LogP contribution < -0.4 is 4.90 Å². The number of alkyl halides is 10. The van der Waals surface area contributed by atoms with Gasteiger partial charge in [0.25, 0.3) is 5.91 Å². The maximum Gasteiger partial charge on any atom is 0.435 e. The number of anilines is 1. The van der Waals surface area contributed by atoms with Crippen LogP contribution in [-0.2, 0) is 16.6 Å². The number of nitrogens with zero attached hydrogens (tertiary/aromatic N) is 2. The number of halogens is 12. The summed E-state index contributed by atoms with van der Waals surface area (Å²) in [7, 11) is 0. The molecule has 6 nitrogen and oxygen atoms in total. The predicted octanol–water partition coefficient (Wildman–Crippen LogP) is 7.39. The van der Waals surface area contributed by atoms with E-state index >= 15 is 0 Å². The molecule has 0 radical (unpaired) electrons. The number of carbonyl (C=O) groups excluding carboxylic acids is 2. The summed E-state index contributed by atoms with van der Waals surface area (Å²) in [4.78, 5) is 35.4. The Morgan fingerprint density at radius 2 is 1.49 bits per heavy atom. The van der Waals surface area contributed by atoms with Crippen molar-refractivity contribution in [2.75, 3.05) is 4.90 Å². The van der Waals surface area contributed by atoms with E-state index in [0.29, 0.717) is 12.1 Å². The first kappa shape index (κ1) is 30.2. The fourth-order valence-corrected chi connectivity index (χ4v) is 4.14. The van der Waals surface area contributed by atoms with Gasteiger partial charge in [-0.25, -0.2) is 9.29 Å². The van der Waals surface area contributed by atoms with Gasteiger partial charge in [0.2, 0.25) is 11.7 Å². The van der Waals surface area contributed by atoms with Crippen LogP contribution in [0.15, 0.2) is 34.8 Å². The topological polar surface area (TPSA) is 80.5 Å². The summed E-state index contributed by atoms with van der Waals surface area (Å²) in [5.41, 5.74) is -15.7. The van der Waals surface area contributed by atoms with Gasteiger partial charge in [-0.05, 0) is 47.0 Å². The minimum Gasteiger partial charge on any atom is -0.274 e. The van der Waals surface area contributed by atoms with Crippen LogP contribution in [0.5, 0.6) is 0 Å². The number of amides is 2. The highest BCUT2D eigenvalue weighted by molar-refractivity contribution is 9.10. The summed E-state index contributed by atoms with van der Waals surface area (Å²) in [5, 5.41) is 11.0. The van der Waals surface area contributed by atoms with Gasteiger partial charge in [-0.2, -0.15) is 43.9 Å². The fourth-order valence-electron chi connectivity index (χ4n) is 3.50. The normalized spacial score (nSPS) is 14.8. The van der Waals surface area contributed by atoms with E-state index in [-0.39, 0.29) is 23.8 Å². The zero-order chi connectivity index (χ0) is 29.9. The van der Waals surface area contributed by atoms with Crippen molar-refractivity contribution in [2.24, 2.45) is 5.92 Å². The molecular weight excluding hydrogens is 633 g/mol. The third kappa shape index (κ3) is 5.29. The zero-order valence-corrected chi connectivity index (χ0v) is 20.0. The third-order valence-corrected chi connectivity index (χ3v) is 6.13. The van der Waals surface area contributed by atoms with Crippen molar-refractivity contribution in [3.05, 3.63) is 67.4 Å². The van der Waals surface area contributed by atoms with E-state index in [1.807, 2.05) is 0 Å². The number of nitro groups is 1. The number of hydrogen-bond acceptors (Lipinski definition) is 4. The lowest BCUT2D eigenvalue weighted by Crippen LogP contribution is -2.50. The van der Waals surface area contributed by atoms with Crippen molar-refractivity contribution >= 4 is 39.1 Å². The Bertz CT molecular complexity index is 1340. The maximum atomic E-state index is 14.7. The Balaban J connectivity index is 2.38. The molecule has 2 aromatic carbocycles. The summed E-state index contributed by atoms with van der Waals surface area (Å²) < 4.78 is 149. The van der Waals surface area contributed by atoms with Gasteiger partial charge in [-0.3, -0.25) is 19.7 Å². The number of rotatable bonds is 5. The van der Waals surface area contributed by atoms with Crippen LogP contribution in [0.1, 0.15) is 34.3 Å². The van der Waals surface area contributed by atoms with Crippen molar-refractivity contribution in [3.8, 4) is 0 Å². The summed E-state index contributed by atoms with van der Waals surface area (Å²) in [6.45, 7) is 0. The molecular formula is C21H10BrF11N2O4. The largest absolute Gasteiger partial charge is 0.435 e. The second-order valence-corrected chi connectivity index (χ2v) is 9.01. The van der Waals surface area contributed by atoms with Gasteiger partial charge in [0, 0.05) is 22.0 Å². The molecule has 3 rings (SSSR count). The number of benzene rings is 2. The highest BCUT2D eigenvalue weighted by atomic mass is 79.9. The van der Waals surface area contributed by atoms with Crippen molar-refractivity contribution in [3.63, 3.8) is 0 Å². The molecule has 0 spiro atoms. The summed E-state index contributed by atoms with van der Waals surface area (Å²) in [6.07, 6.45) is -19.5. The molecule has 212 valence electrons. The van der Waals surface area contributed by atoms with Gasteiger partial charge >= 0.3 is 29.9 Å². The van der Waals surface area contributed by atoms with Crippen LogP contribution in [0.25, 0.3) is 0 Å². The van der Waals surface area contributed by atoms with Crippen LogP contribution in [-0.4, -0.2) is 29.1 Å². The van der Waals surface area contributed by atoms with Gasteiger partial charge in [0.15, 0.2) is 0 Å². The van der Waals surface area contributed by atoms with Crippen molar-refractivity contribution < 1.29 is 62.8 Å². The Morgan fingerprint density at radius 3 is 1.92 bits per heavy atom. The van der Waals surface area contributed by atoms with Gasteiger partial charge in [-0.15, -0.1) is 0 Å². The summed E-state index contributed by atoms with van der Waals surface area (Å²) in [5.74, 6) is -6.47. The van der Waals surface area contributed by atoms with E-state index in [9.17, 15) is 68.0 Å². The van der Waals surface area contributed by atoms with E-state index in [0.717, 1.165) is 6.07 Å². The van der Waals surface area contributed by atoms with E-state index in [2.05, 4.69) is 15.9 Å². The average Bonchev–Trinajstić information content (AvgIpc) is 3.62. The molecule has 39 heavy (non-hydrogen) atoms. The molecule has 2 amide bonds. The van der Waals surface area contributed by atoms with Crippen molar-refractivity contribution in [2.45, 2.75) is 37.0 Å². The lowest BCUT2D eigenvalue weighted by atomic mass is 9.91.